The topological polar surface area (TPSA) is 29.9 Å². The standard InChI is InChI=1S/C13H15BrClN3/c1-3-16-12(9-5-4-6-10(15)7-9)13-11(14)8-17-18(13)2/h4-8,12,16H,3H2,1-2H3. The van der Waals surface area contributed by atoms with Crippen molar-refractivity contribution in [2.75, 3.05) is 6.54 Å². The van der Waals surface area contributed by atoms with E-state index < -0.39 is 0 Å². The van der Waals surface area contributed by atoms with E-state index in [4.69, 9.17) is 11.6 Å². The summed E-state index contributed by atoms with van der Waals surface area (Å²) >= 11 is 9.62. The van der Waals surface area contributed by atoms with Gasteiger partial charge in [0.1, 0.15) is 0 Å². The molecule has 0 saturated heterocycles. The van der Waals surface area contributed by atoms with Gasteiger partial charge in [-0.2, -0.15) is 5.10 Å². The molecule has 1 heterocycles. The van der Waals surface area contributed by atoms with Crippen LogP contribution >= 0.6 is 27.5 Å². The van der Waals surface area contributed by atoms with Crippen molar-refractivity contribution in [1.82, 2.24) is 15.1 Å². The first-order valence-electron chi connectivity index (χ1n) is 5.79. The van der Waals surface area contributed by atoms with Crippen molar-refractivity contribution >= 4 is 27.5 Å². The highest BCUT2D eigenvalue weighted by atomic mass is 79.9. The third kappa shape index (κ3) is 2.76. The Morgan fingerprint density at radius 2 is 2.28 bits per heavy atom. The predicted molar refractivity (Wildman–Crippen MR) is 77.9 cm³/mol. The summed E-state index contributed by atoms with van der Waals surface area (Å²) < 4.78 is 2.87. The summed E-state index contributed by atoms with van der Waals surface area (Å²) in [6.45, 7) is 2.95. The van der Waals surface area contributed by atoms with Crippen molar-refractivity contribution in [1.29, 1.82) is 0 Å². The molecular formula is C13H15BrClN3. The van der Waals surface area contributed by atoms with Gasteiger partial charge in [0, 0.05) is 12.1 Å². The fourth-order valence-electron chi connectivity index (χ4n) is 2.01. The predicted octanol–water partition coefficient (Wildman–Crippen LogP) is 3.53. The zero-order valence-electron chi connectivity index (χ0n) is 10.3. The van der Waals surface area contributed by atoms with E-state index >= 15 is 0 Å². The molecule has 0 saturated carbocycles. The number of rotatable bonds is 4. The Labute approximate surface area is 120 Å². The summed E-state index contributed by atoms with van der Waals surface area (Å²) in [5.41, 5.74) is 2.23. The molecular weight excluding hydrogens is 314 g/mol. The Morgan fingerprint density at radius 1 is 1.50 bits per heavy atom. The highest BCUT2D eigenvalue weighted by molar-refractivity contribution is 9.10. The molecule has 0 aliphatic heterocycles. The van der Waals surface area contributed by atoms with Crippen LogP contribution in [0.25, 0.3) is 0 Å². The van der Waals surface area contributed by atoms with E-state index in [1.165, 1.54) is 0 Å². The number of benzene rings is 1. The van der Waals surface area contributed by atoms with Crippen LogP contribution in [0.15, 0.2) is 34.9 Å². The van der Waals surface area contributed by atoms with Crippen LogP contribution in [0.2, 0.25) is 5.02 Å². The number of aromatic nitrogens is 2. The second-order valence-electron chi connectivity index (χ2n) is 4.05. The minimum Gasteiger partial charge on any atom is -0.305 e. The van der Waals surface area contributed by atoms with E-state index in [-0.39, 0.29) is 6.04 Å². The monoisotopic (exact) mass is 327 g/mol. The molecule has 0 spiro atoms. The maximum absolute atomic E-state index is 6.07. The average Bonchev–Trinajstić information content (AvgIpc) is 2.67. The largest absolute Gasteiger partial charge is 0.305 e. The summed E-state index contributed by atoms with van der Waals surface area (Å²) in [6, 6.07) is 7.97. The number of halogens is 2. The van der Waals surface area contributed by atoms with E-state index in [9.17, 15) is 0 Å². The highest BCUT2D eigenvalue weighted by Crippen LogP contribution is 2.29. The van der Waals surface area contributed by atoms with E-state index in [1.54, 1.807) is 0 Å². The minimum absolute atomic E-state index is 0.0792. The number of aryl methyl sites for hydroxylation is 1. The van der Waals surface area contributed by atoms with Crippen molar-refractivity contribution < 1.29 is 0 Å². The van der Waals surface area contributed by atoms with E-state index in [1.807, 2.05) is 36.1 Å². The number of hydrogen-bond acceptors (Lipinski definition) is 2. The van der Waals surface area contributed by atoms with Crippen LogP contribution in [0.4, 0.5) is 0 Å². The summed E-state index contributed by atoms with van der Waals surface area (Å²) in [5.74, 6) is 0. The number of nitrogens with one attached hydrogen (secondary N) is 1. The van der Waals surface area contributed by atoms with Gasteiger partial charge in [-0.25, -0.2) is 0 Å². The Hall–Kier alpha value is -0.840. The zero-order valence-corrected chi connectivity index (χ0v) is 12.7. The van der Waals surface area contributed by atoms with Crippen LogP contribution in [-0.4, -0.2) is 16.3 Å². The minimum atomic E-state index is 0.0792. The third-order valence-electron chi connectivity index (χ3n) is 2.80. The van der Waals surface area contributed by atoms with Crippen LogP contribution in [0.3, 0.4) is 0 Å². The molecule has 0 bridgehead atoms. The molecule has 1 aromatic carbocycles. The average molecular weight is 329 g/mol. The SMILES string of the molecule is CCNC(c1cccc(Cl)c1)c1c(Br)cnn1C. The van der Waals surface area contributed by atoms with Gasteiger partial charge in [-0.05, 0) is 40.2 Å². The van der Waals surface area contributed by atoms with Crippen LogP contribution in [0.5, 0.6) is 0 Å². The molecule has 0 radical (unpaired) electrons. The van der Waals surface area contributed by atoms with Crippen LogP contribution in [-0.2, 0) is 7.05 Å². The number of nitrogens with zero attached hydrogens (tertiary/aromatic N) is 2. The molecule has 0 fully saturated rings. The summed E-state index contributed by atoms with van der Waals surface area (Å²) in [4.78, 5) is 0. The van der Waals surface area contributed by atoms with E-state index in [0.29, 0.717) is 0 Å². The molecule has 1 aromatic heterocycles. The molecule has 0 amide bonds. The summed E-state index contributed by atoms with van der Waals surface area (Å²) in [6.07, 6.45) is 1.81. The van der Waals surface area contributed by atoms with Gasteiger partial charge < -0.3 is 5.32 Å². The van der Waals surface area contributed by atoms with Crippen molar-refractivity contribution in [2.45, 2.75) is 13.0 Å². The molecule has 1 atom stereocenters. The Kier molecular flexibility index (Phi) is 4.43. The molecule has 2 rings (SSSR count). The van der Waals surface area contributed by atoms with Crippen molar-refractivity contribution in [2.24, 2.45) is 7.05 Å². The van der Waals surface area contributed by atoms with Gasteiger partial charge >= 0.3 is 0 Å². The normalized spacial score (nSPS) is 12.7. The van der Waals surface area contributed by atoms with Gasteiger partial charge in [0.25, 0.3) is 0 Å². The quantitative estimate of drug-likeness (QED) is 0.930. The van der Waals surface area contributed by atoms with Gasteiger partial charge in [0.2, 0.25) is 0 Å². The highest BCUT2D eigenvalue weighted by Gasteiger charge is 2.19. The van der Waals surface area contributed by atoms with Crippen LogP contribution in [0, 0.1) is 0 Å². The molecule has 1 unspecified atom stereocenters. The lowest BCUT2D eigenvalue weighted by Crippen LogP contribution is -2.24. The number of hydrogen-bond donors (Lipinski definition) is 1. The second-order valence-corrected chi connectivity index (χ2v) is 5.34. The molecule has 0 aliphatic carbocycles. The first kappa shape index (κ1) is 13.6. The Balaban J connectivity index is 2.46. The van der Waals surface area contributed by atoms with Crippen molar-refractivity contribution in [3.63, 3.8) is 0 Å². The van der Waals surface area contributed by atoms with Gasteiger partial charge in [-0.3, -0.25) is 4.68 Å². The first-order chi connectivity index (χ1) is 8.63. The van der Waals surface area contributed by atoms with Crippen LogP contribution < -0.4 is 5.32 Å². The van der Waals surface area contributed by atoms with Gasteiger partial charge in [-0.1, -0.05) is 30.7 Å². The Bertz CT molecular complexity index is 519. The fraction of sp³-hybridized carbons (Fsp3) is 0.308. The lowest BCUT2D eigenvalue weighted by molar-refractivity contribution is 0.571. The van der Waals surface area contributed by atoms with E-state index in [2.05, 4.69) is 39.3 Å². The van der Waals surface area contributed by atoms with E-state index in [0.717, 1.165) is 27.3 Å². The maximum Gasteiger partial charge on any atom is 0.0760 e. The molecule has 96 valence electrons. The summed E-state index contributed by atoms with van der Waals surface area (Å²) in [7, 11) is 1.94. The first-order valence-corrected chi connectivity index (χ1v) is 6.96. The van der Waals surface area contributed by atoms with Crippen LogP contribution in [0.1, 0.15) is 24.2 Å². The molecule has 3 nitrogen and oxygen atoms in total. The van der Waals surface area contributed by atoms with Crippen molar-refractivity contribution in [3.8, 4) is 0 Å². The van der Waals surface area contributed by atoms with Crippen molar-refractivity contribution in [3.05, 3.63) is 51.2 Å². The van der Waals surface area contributed by atoms with Gasteiger partial charge in [0.15, 0.2) is 0 Å². The molecule has 0 aliphatic rings. The lowest BCUT2D eigenvalue weighted by Gasteiger charge is -2.19. The van der Waals surface area contributed by atoms with Gasteiger partial charge in [0.05, 0.1) is 22.4 Å². The smallest absolute Gasteiger partial charge is 0.0760 e. The lowest BCUT2D eigenvalue weighted by atomic mass is 10.0. The molecule has 5 heteroatoms. The maximum atomic E-state index is 6.07. The Morgan fingerprint density at radius 3 is 2.83 bits per heavy atom. The summed E-state index contributed by atoms with van der Waals surface area (Å²) in [5, 5.41) is 8.47. The molecule has 1 N–H and O–H groups in total. The fourth-order valence-corrected chi connectivity index (χ4v) is 2.78. The van der Waals surface area contributed by atoms with Gasteiger partial charge in [-0.15, -0.1) is 0 Å². The third-order valence-corrected chi connectivity index (χ3v) is 3.65. The second kappa shape index (κ2) is 5.87. The molecule has 18 heavy (non-hydrogen) atoms. The zero-order chi connectivity index (χ0) is 13.1. The molecule has 2 aromatic rings.